The molecule has 10 heteroatoms. The molecule has 1 aromatic carbocycles. The number of carboxylic acids is 1. The number of thiophene rings is 1. The van der Waals surface area contributed by atoms with Crippen LogP contribution in [0, 0.1) is 0 Å². The molecular weight excluding hydrogens is 388 g/mol. The fraction of sp³-hybridized carbons (Fsp3) is 0.118. The van der Waals surface area contributed by atoms with Crippen LogP contribution in [-0.2, 0) is 22.9 Å². The summed E-state index contributed by atoms with van der Waals surface area (Å²) in [6.07, 6.45) is 3.20. The number of hydrogen-bond acceptors (Lipinski definition) is 7. The number of benzene rings is 1. The van der Waals surface area contributed by atoms with Gasteiger partial charge in [-0.2, -0.15) is 0 Å². The summed E-state index contributed by atoms with van der Waals surface area (Å²) in [5.41, 5.74) is 2.93. The normalized spacial score (nSPS) is 12.9. The summed E-state index contributed by atoms with van der Waals surface area (Å²) in [5.74, 6) is -0.667. The highest BCUT2D eigenvalue weighted by Crippen LogP contribution is 2.38. The molecule has 1 aliphatic rings. The fourth-order valence-corrected chi connectivity index (χ4v) is 4.49. The van der Waals surface area contributed by atoms with Crippen LogP contribution in [0.1, 0.15) is 20.1 Å². The Hall–Kier alpha value is -2.82. The van der Waals surface area contributed by atoms with E-state index >= 15 is 0 Å². The van der Waals surface area contributed by atoms with Gasteiger partial charge in [0.05, 0.1) is 10.6 Å². The maximum Gasteiger partial charge on any atom is 0.345 e. The molecule has 3 aromatic rings. The van der Waals surface area contributed by atoms with Gasteiger partial charge in [-0.1, -0.05) is 6.07 Å². The van der Waals surface area contributed by atoms with Crippen molar-refractivity contribution in [2.75, 3.05) is 5.32 Å². The van der Waals surface area contributed by atoms with Crippen molar-refractivity contribution in [3.63, 3.8) is 0 Å². The molecule has 138 valence electrons. The van der Waals surface area contributed by atoms with Gasteiger partial charge in [-0.3, -0.25) is 0 Å². The lowest BCUT2D eigenvalue weighted by Gasteiger charge is -2.16. The minimum atomic E-state index is -3.81. The van der Waals surface area contributed by atoms with E-state index in [4.69, 9.17) is 5.14 Å². The van der Waals surface area contributed by atoms with Crippen LogP contribution < -0.4 is 10.5 Å². The molecule has 0 bridgehead atoms. The molecule has 0 aliphatic heterocycles. The van der Waals surface area contributed by atoms with Crippen molar-refractivity contribution in [3.8, 4) is 11.3 Å². The second-order valence-corrected chi connectivity index (χ2v) is 8.72. The summed E-state index contributed by atoms with van der Waals surface area (Å²) in [4.78, 5) is 21.3. The van der Waals surface area contributed by atoms with Crippen molar-refractivity contribution in [1.29, 1.82) is 0 Å². The summed E-state index contributed by atoms with van der Waals surface area (Å²) >= 11 is 1.26. The molecule has 27 heavy (non-hydrogen) atoms. The van der Waals surface area contributed by atoms with E-state index in [9.17, 15) is 18.3 Å². The summed E-state index contributed by atoms with van der Waals surface area (Å²) in [6.45, 7) is 0. The number of nitrogens with zero attached hydrogens (tertiary/aromatic N) is 2. The SMILES string of the molecule is NS(=O)(=O)c1cccc(Nc2ncc3c(n2)-c2cc(C(=O)O)sc2CC3)c1. The number of rotatable bonds is 4. The monoisotopic (exact) mass is 402 g/mol. The Morgan fingerprint density at radius 1 is 1.26 bits per heavy atom. The van der Waals surface area contributed by atoms with Gasteiger partial charge in [0.2, 0.25) is 16.0 Å². The second kappa shape index (κ2) is 6.41. The average molecular weight is 402 g/mol. The first-order chi connectivity index (χ1) is 12.8. The number of carbonyl (C=O) groups is 1. The molecular formula is C17H14N4O4S2. The predicted molar refractivity (Wildman–Crippen MR) is 101 cm³/mol. The smallest absolute Gasteiger partial charge is 0.345 e. The van der Waals surface area contributed by atoms with Gasteiger partial charge in [-0.15, -0.1) is 11.3 Å². The summed E-state index contributed by atoms with van der Waals surface area (Å²) in [6, 6.07) is 7.68. The van der Waals surface area contributed by atoms with Crippen LogP contribution in [0.25, 0.3) is 11.3 Å². The first-order valence-corrected chi connectivity index (χ1v) is 10.3. The van der Waals surface area contributed by atoms with E-state index in [0.717, 1.165) is 28.8 Å². The molecule has 8 nitrogen and oxygen atoms in total. The Bertz CT molecular complexity index is 1170. The van der Waals surface area contributed by atoms with E-state index < -0.39 is 16.0 Å². The van der Waals surface area contributed by atoms with E-state index in [1.807, 2.05) is 0 Å². The molecule has 1 aliphatic carbocycles. The lowest BCUT2D eigenvalue weighted by atomic mass is 9.96. The number of anilines is 2. The van der Waals surface area contributed by atoms with E-state index in [0.29, 0.717) is 11.4 Å². The highest BCUT2D eigenvalue weighted by atomic mass is 32.2. The Balaban J connectivity index is 1.70. The van der Waals surface area contributed by atoms with E-state index in [-0.39, 0.29) is 15.7 Å². The molecule has 0 atom stereocenters. The molecule has 4 N–H and O–H groups in total. The molecule has 0 saturated carbocycles. The van der Waals surface area contributed by atoms with Crippen LogP contribution >= 0.6 is 11.3 Å². The first kappa shape index (κ1) is 17.6. The summed E-state index contributed by atoms with van der Waals surface area (Å²) in [7, 11) is -3.81. The minimum Gasteiger partial charge on any atom is -0.477 e. The predicted octanol–water partition coefficient (Wildman–Crippen LogP) is 2.39. The number of hydrogen-bond donors (Lipinski definition) is 3. The number of nitrogens with one attached hydrogen (secondary N) is 1. The standard InChI is InChI=1S/C17H14N4O4S2/c18-27(24,25)11-3-1-2-10(6-11)20-17-19-8-9-4-5-13-12(15(9)21-17)7-14(26-13)16(22)23/h1-3,6-8H,4-5H2,(H,22,23)(H2,18,24,25)(H,19,20,21). The number of carboxylic acid groups (broad SMARTS) is 1. The van der Waals surface area contributed by atoms with Crippen molar-refractivity contribution in [2.24, 2.45) is 5.14 Å². The largest absolute Gasteiger partial charge is 0.477 e. The molecule has 0 unspecified atom stereocenters. The van der Waals surface area contributed by atoms with Crippen molar-refractivity contribution < 1.29 is 18.3 Å². The van der Waals surface area contributed by atoms with Gasteiger partial charge in [0.1, 0.15) is 4.88 Å². The lowest BCUT2D eigenvalue weighted by molar-refractivity contribution is 0.0702. The highest BCUT2D eigenvalue weighted by molar-refractivity contribution is 7.89. The Morgan fingerprint density at radius 3 is 2.81 bits per heavy atom. The zero-order chi connectivity index (χ0) is 19.2. The number of fused-ring (bicyclic) bond motifs is 3. The molecule has 4 rings (SSSR count). The van der Waals surface area contributed by atoms with Crippen molar-refractivity contribution in [2.45, 2.75) is 17.7 Å². The van der Waals surface area contributed by atoms with Crippen LogP contribution in [-0.4, -0.2) is 29.5 Å². The van der Waals surface area contributed by atoms with Crippen molar-refractivity contribution in [1.82, 2.24) is 9.97 Å². The highest BCUT2D eigenvalue weighted by Gasteiger charge is 2.23. The molecule has 2 heterocycles. The molecule has 2 aromatic heterocycles. The summed E-state index contributed by atoms with van der Waals surface area (Å²) < 4.78 is 23.0. The van der Waals surface area contributed by atoms with E-state index in [1.165, 1.54) is 23.5 Å². The van der Waals surface area contributed by atoms with Gasteiger partial charge in [0, 0.05) is 22.3 Å². The number of aryl methyl sites for hydroxylation is 2. The third-order valence-electron chi connectivity index (χ3n) is 4.18. The van der Waals surface area contributed by atoms with Crippen LogP contribution in [0.5, 0.6) is 0 Å². The molecule has 0 fully saturated rings. The third kappa shape index (κ3) is 3.42. The van der Waals surface area contributed by atoms with E-state index in [1.54, 1.807) is 24.4 Å². The van der Waals surface area contributed by atoms with Crippen LogP contribution in [0.15, 0.2) is 41.4 Å². The van der Waals surface area contributed by atoms with Crippen molar-refractivity contribution in [3.05, 3.63) is 51.8 Å². The van der Waals surface area contributed by atoms with Gasteiger partial charge in [0.25, 0.3) is 0 Å². The van der Waals surface area contributed by atoms with Crippen LogP contribution in [0.4, 0.5) is 11.6 Å². The Labute approximate surface area is 158 Å². The van der Waals surface area contributed by atoms with E-state index in [2.05, 4.69) is 15.3 Å². The number of aromatic nitrogens is 2. The lowest BCUT2D eigenvalue weighted by Crippen LogP contribution is -2.12. The van der Waals surface area contributed by atoms with Gasteiger partial charge in [-0.25, -0.2) is 28.3 Å². The second-order valence-electron chi connectivity index (χ2n) is 6.02. The quantitative estimate of drug-likeness (QED) is 0.610. The van der Waals surface area contributed by atoms with Gasteiger partial charge in [0.15, 0.2) is 0 Å². The number of aromatic carboxylic acids is 1. The third-order valence-corrected chi connectivity index (χ3v) is 6.27. The van der Waals surface area contributed by atoms with Gasteiger partial charge in [-0.05, 0) is 42.7 Å². The topological polar surface area (TPSA) is 135 Å². The first-order valence-electron chi connectivity index (χ1n) is 7.93. The fourth-order valence-electron chi connectivity index (χ4n) is 2.93. The Kier molecular flexibility index (Phi) is 4.17. The maximum atomic E-state index is 11.5. The molecule has 0 spiro atoms. The average Bonchev–Trinajstić information content (AvgIpc) is 3.06. The maximum absolute atomic E-state index is 11.5. The number of nitrogens with two attached hydrogens (primary N) is 1. The zero-order valence-electron chi connectivity index (χ0n) is 13.8. The number of primary sulfonamides is 1. The summed E-state index contributed by atoms with van der Waals surface area (Å²) in [5, 5.41) is 17.4. The van der Waals surface area contributed by atoms with Gasteiger partial charge < -0.3 is 10.4 Å². The molecule has 0 radical (unpaired) electrons. The van der Waals surface area contributed by atoms with Crippen molar-refractivity contribution >= 4 is 39.0 Å². The minimum absolute atomic E-state index is 0.0170. The molecule has 0 saturated heterocycles. The zero-order valence-corrected chi connectivity index (χ0v) is 15.5. The van der Waals surface area contributed by atoms with Gasteiger partial charge >= 0.3 is 5.97 Å². The Morgan fingerprint density at radius 2 is 2.07 bits per heavy atom. The number of sulfonamides is 1. The molecule has 0 amide bonds. The van der Waals surface area contributed by atoms with Crippen LogP contribution in [0.2, 0.25) is 0 Å². The van der Waals surface area contributed by atoms with Crippen LogP contribution in [0.3, 0.4) is 0 Å².